The number of hydrogen-bond acceptors (Lipinski definition) is 5. The van der Waals surface area contributed by atoms with E-state index in [9.17, 15) is 4.79 Å². The molecule has 17 heavy (non-hydrogen) atoms. The first-order chi connectivity index (χ1) is 8.26. The van der Waals surface area contributed by atoms with Gasteiger partial charge in [0.15, 0.2) is 0 Å². The maximum atomic E-state index is 12.0. The summed E-state index contributed by atoms with van der Waals surface area (Å²) in [5.41, 5.74) is 0.354. The summed E-state index contributed by atoms with van der Waals surface area (Å²) in [7, 11) is 1.79. The summed E-state index contributed by atoms with van der Waals surface area (Å²) in [6.07, 6.45) is 1.74. The van der Waals surface area contributed by atoms with Crippen LogP contribution in [0.15, 0.2) is 27.6 Å². The zero-order chi connectivity index (χ0) is 12.3. The molecule has 2 aromatic heterocycles. The van der Waals surface area contributed by atoms with Gasteiger partial charge in [-0.25, -0.2) is 0 Å². The van der Waals surface area contributed by atoms with Gasteiger partial charge in [0.2, 0.25) is 11.7 Å². The molecule has 0 aromatic carbocycles. The maximum absolute atomic E-state index is 12.0. The molecule has 0 aliphatic rings. The van der Waals surface area contributed by atoms with Crippen molar-refractivity contribution in [3.63, 3.8) is 0 Å². The van der Waals surface area contributed by atoms with Crippen LogP contribution in [-0.4, -0.2) is 21.8 Å². The van der Waals surface area contributed by atoms with E-state index in [1.165, 1.54) is 0 Å². The quantitative estimate of drug-likeness (QED) is 0.840. The van der Waals surface area contributed by atoms with Gasteiger partial charge in [0.1, 0.15) is 0 Å². The highest BCUT2D eigenvalue weighted by Gasteiger charge is 2.12. The van der Waals surface area contributed by atoms with Crippen molar-refractivity contribution < 1.29 is 4.52 Å². The number of aromatic nitrogens is 3. The molecular weight excluding hydrogens is 220 g/mol. The molecule has 0 saturated carbocycles. The summed E-state index contributed by atoms with van der Waals surface area (Å²) in [5, 5.41) is 6.71. The fourth-order valence-corrected chi connectivity index (χ4v) is 1.54. The zero-order valence-corrected chi connectivity index (χ0v) is 9.80. The number of hydrogen-bond donors (Lipinski definition) is 1. The molecule has 0 fully saturated rings. The minimum absolute atomic E-state index is 0.105. The Bertz CT molecular complexity index is 559. The lowest BCUT2D eigenvalue weighted by Crippen LogP contribution is -2.20. The van der Waals surface area contributed by atoms with E-state index in [0.717, 1.165) is 0 Å². The number of nitrogens with zero attached hydrogens (tertiary/aromatic N) is 3. The van der Waals surface area contributed by atoms with E-state index in [2.05, 4.69) is 15.5 Å². The predicted molar refractivity (Wildman–Crippen MR) is 62.4 cm³/mol. The van der Waals surface area contributed by atoms with E-state index in [4.69, 9.17) is 4.52 Å². The average Bonchev–Trinajstić information content (AvgIpc) is 2.78. The van der Waals surface area contributed by atoms with Gasteiger partial charge < -0.3 is 14.4 Å². The summed E-state index contributed by atoms with van der Waals surface area (Å²) < 4.78 is 6.62. The molecule has 0 amide bonds. The molecule has 0 aliphatic carbocycles. The van der Waals surface area contributed by atoms with E-state index >= 15 is 0 Å². The molecule has 2 heterocycles. The number of pyridine rings is 1. The molecule has 6 nitrogen and oxygen atoms in total. The molecule has 0 saturated heterocycles. The van der Waals surface area contributed by atoms with Crippen molar-refractivity contribution in [1.29, 1.82) is 0 Å². The molecular formula is C11H14N4O2. The van der Waals surface area contributed by atoms with Crippen LogP contribution < -0.4 is 10.9 Å². The molecule has 6 heteroatoms. The summed E-state index contributed by atoms with van der Waals surface area (Å²) in [6.45, 7) is 3.02. The van der Waals surface area contributed by atoms with Crippen LogP contribution >= 0.6 is 0 Å². The lowest BCUT2D eigenvalue weighted by atomic mass is 10.2. The second-order valence-electron chi connectivity index (χ2n) is 3.56. The van der Waals surface area contributed by atoms with E-state index in [0.29, 0.717) is 30.4 Å². The highest BCUT2D eigenvalue weighted by molar-refractivity contribution is 5.52. The highest BCUT2D eigenvalue weighted by atomic mass is 16.5. The van der Waals surface area contributed by atoms with Crippen molar-refractivity contribution in [2.24, 2.45) is 0 Å². The van der Waals surface area contributed by atoms with Gasteiger partial charge in [0.25, 0.3) is 5.56 Å². The molecule has 0 aliphatic heterocycles. The molecule has 2 rings (SSSR count). The van der Waals surface area contributed by atoms with Crippen molar-refractivity contribution in [3.05, 3.63) is 34.6 Å². The SMILES string of the molecule is CCn1cccc(-c2noc(CNC)n2)c1=O. The Morgan fingerprint density at radius 1 is 1.53 bits per heavy atom. The van der Waals surface area contributed by atoms with E-state index in [1.54, 1.807) is 29.9 Å². The molecule has 0 unspecified atom stereocenters. The van der Waals surface area contributed by atoms with Gasteiger partial charge in [-0.15, -0.1) is 0 Å². The lowest BCUT2D eigenvalue weighted by Gasteiger charge is -2.01. The Hall–Kier alpha value is -1.95. The minimum atomic E-state index is -0.105. The fourth-order valence-electron chi connectivity index (χ4n) is 1.54. The first-order valence-electron chi connectivity index (χ1n) is 5.43. The van der Waals surface area contributed by atoms with Gasteiger partial charge >= 0.3 is 0 Å². The van der Waals surface area contributed by atoms with Gasteiger partial charge in [-0.1, -0.05) is 5.16 Å². The first kappa shape index (κ1) is 11.5. The van der Waals surface area contributed by atoms with Gasteiger partial charge in [-0.3, -0.25) is 4.79 Å². The molecule has 0 spiro atoms. The Morgan fingerprint density at radius 2 is 2.35 bits per heavy atom. The van der Waals surface area contributed by atoms with Crippen molar-refractivity contribution >= 4 is 0 Å². The second-order valence-corrected chi connectivity index (χ2v) is 3.56. The van der Waals surface area contributed by atoms with Crippen molar-refractivity contribution in [2.45, 2.75) is 20.0 Å². The lowest BCUT2D eigenvalue weighted by molar-refractivity contribution is 0.372. The van der Waals surface area contributed by atoms with Gasteiger partial charge in [0.05, 0.1) is 12.1 Å². The van der Waals surface area contributed by atoms with Crippen LogP contribution in [0, 0.1) is 0 Å². The Balaban J connectivity index is 2.42. The topological polar surface area (TPSA) is 73.0 Å². The van der Waals surface area contributed by atoms with Crippen LogP contribution in [0.4, 0.5) is 0 Å². The smallest absolute Gasteiger partial charge is 0.261 e. The van der Waals surface area contributed by atoms with Crippen molar-refractivity contribution in [1.82, 2.24) is 20.0 Å². The zero-order valence-electron chi connectivity index (χ0n) is 9.80. The van der Waals surface area contributed by atoms with Gasteiger partial charge in [0, 0.05) is 12.7 Å². The molecule has 2 aromatic rings. The van der Waals surface area contributed by atoms with Crippen molar-refractivity contribution in [3.8, 4) is 11.4 Å². The van der Waals surface area contributed by atoms with Crippen LogP contribution in [0.2, 0.25) is 0 Å². The predicted octanol–water partition coefficient (Wildman–Crippen LogP) is 0.638. The second kappa shape index (κ2) is 4.92. The number of aryl methyl sites for hydroxylation is 1. The molecule has 0 atom stereocenters. The minimum Gasteiger partial charge on any atom is -0.338 e. The average molecular weight is 234 g/mol. The van der Waals surface area contributed by atoms with Crippen LogP contribution in [0.25, 0.3) is 11.4 Å². The third-order valence-corrected chi connectivity index (χ3v) is 2.40. The van der Waals surface area contributed by atoms with E-state index < -0.39 is 0 Å². The molecule has 0 radical (unpaired) electrons. The van der Waals surface area contributed by atoms with Crippen LogP contribution in [0.3, 0.4) is 0 Å². The largest absolute Gasteiger partial charge is 0.338 e. The standard InChI is InChI=1S/C11H14N4O2/c1-3-15-6-4-5-8(11(15)16)10-13-9(7-12-2)17-14-10/h4-6,12H,3,7H2,1-2H3. The highest BCUT2D eigenvalue weighted by Crippen LogP contribution is 2.10. The number of nitrogens with one attached hydrogen (secondary N) is 1. The third kappa shape index (κ3) is 2.26. The summed E-state index contributed by atoms with van der Waals surface area (Å²) in [4.78, 5) is 16.1. The summed E-state index contributed by atoms with van der Waals surface area (Å²) in [5.74, 6) is 0.803. The van der Waals surface area contributed by atoms with Crippen LogP contribution in [-0.2, 0) is 13.1 Å². The van der Waals surface area contributed by atoms with Crippen LogP contribution in [0.1, 0.15) is 12.8 Å². The molecule has 1 N–H and O–H groups in total. The Kier molecular flexibility index (Phi) is 3.34. The molecule has 90 valence electrons. The normalized spacial score (nSPS) is 10.7. The Morgan fingerprint density at radius 3 is 3.06 bits per heavy atom. The van der Waals surface area contributed by atoms with Gasteiger partial charge in [-0.2, -0.15) is 4.98 Å². The Labute approximate surface area is 98.3 Å². The van der Waals surface area contributed by atoms with E-state index in [-0.39, 0.29) is 5.56 Å². The first-order valence-corrected chi connectivity index (χ1v) is 5.43. The fraction of sp³-hybridized carbons (Fsp3) is 0.364. The van der Waals surface area contributed by atoms with Crippen LogP contribution in [0.5, 0.6) is 0 Å². The third-order valence-electron chi connectivity index (χ3n) is 2.40. The molecule has 0 bridgehead atoms. The van der Waals surface area contributed by atoms with Gasteiger partial charge in [-0.05, 0) is 26.1 Å². The maximum Gasteiger partial charge on any atom is 0.261 e. The summed E-state index contributed by atoms with van der Waals surface area (Å²) >= 11 is 0. The summed E-state index contributed by atoms with van der Waals surface area (Å²) in [6, 6.07) is 3.50. The monoisotopic (exact) mass is 234 g/mol. The number of rotatable bonds is 4. The van der Waals surface area contributed by atoms with Crippen molar-refractivity contribution in [2.75, 3.05) is 7.05 Å². The van der Waals surface area contributed by atoms with E-state index in [1.807, 2.05) is 6.92 Å².